The van der Waals surface area contributed by atoms with Crippen LogP contribution in [0.3, 0.4) is 0 Å². The number of methoxy groups -OCH3 is 1. The van der Waals surface area contributed by atoms with Crippen molar-refractivity contribution in [3.63, 3.8) is 0 Å². The predicted octanol–water partition coefficient (Wildman–Crippen LogP) is 1.64. The molecule has 0 radical (unpaired) electrons. The normalized spacial score (nSPS) is 10.6. The minimum absolute atomic E-state index is 0.178. The van der Waals surface area contributed by atoms with Gasteiger partial charge in [0, 0.05) is 9.86 Å². The average molecular weight is 311 g/mol. The van der Waals surface area contributed by atoms with Crippen LogP contribution < -0.4 is 5.56 Å². The molecule has 0 fully saturated rings. The van der Waals surface area contributed by atoms with Gasteiger partial charge >= 0.3 is 5.97 Å². The number of rotatable bonds is 2. The minimum atomic E-state index is -0.500. The van der Waals surface area contributed by atoms with Crippen LogP contribution in [0, 0.1) is 6.92 Å². The molecular weight excluding hydrogens is 300 g/mol. The lowest BCUT2D eigenvalue weighted by Gasteiger charge is -2.07. The quantitative estimate of drug-likeness (QED) is 0.791. The van der Waals surface area contributed by atoms with E-state index >= 15 is 0 Å². The number of hydrogen-bond donors (Lipinski definition) is 0. The van der Waals surface area contributed by atoms with Crippen molar-refractivity contribution in [3.8, 4) is 0 Å². The second-order valence-corrected chi connectivity index (χ2v) is 4.73. The van der Waals surface area contributed by atoms with Crippen LogP contribution in [0.2, 0.25) is 0 Å². The van der Waals surface area contributed by atoms with Crippen LogP contribution in [0.1, 0.15) is 5.69 Å². The van der Waals surface area contributed by atoms with Gasteiger partial charge in [0.15, 0.2) is 0 Å². The summed E-state index contributed by atoms with van der Waals surface area (Å²) in [6.45, 7) is 1.62. The molecule has 5 nitrogen and oxygen atoms in total. The molecule has 18 heavy (non-hydrogen) atoms. The van der Waals surface area contributed by atoms with E-state index in [1.807, 2.05) is 6.07 Å². The number of esters is 1. The highest BCUT2D eigenvalue weighted by Gasteiger charge is 2.11. The highest BCUT2D eigenvalue weighted by atomic mass is 79.9. The fourth-order valence-corrected chi connectivity index (χ4v) is 2.08. The predicted molar refractivity (Wildman–Crippen MR) is 70.5 cm³/mol. The summed E-state index contributed by atoms with van der Waals surface area (Å²) in [5, 5.41) is 5.42. The highest BCUT2D eigenvalue weighted by Crippen LogP contribution is 2.18. The summed E-state index contributed by atoms with van der Waals surface area (Å²) in [5.41, 5.74) is 0.392. The summed E-state index contributed by atoms with van der Waals surface area (Å²) < 4.78 is 6.54. The van der Waals surface area contributed by atoms with E-state index in [9.17, 15) is 9.59 Å². The van der Waals surface area contributed by atoms with Crippen molar-refractivity contribution in [2.75, 3.05) is 7.11 Å². The first-order chi connectivity index (χ1) is 8.52. The van der Waals surface area contributed by atoms with Crippen molar-refractivity contribution in [3.05, 3.63) is 38.7 Å². The number of nitrogens with zero attached hydrogens (tertiary/aromatic N) is 2. The zero-order valence-corrected chi connectivity index (χ0v) is 11.5. The Labute approximate surface area is 111 Å². The maximum absolute atomic E-state index is 12.1. The Morgan fingerprint density at radius 3 is 2.83 bits per heavy atom. The molecule has 0 atom stereocenters. The molecule has 0 aliphatic carbocycles. The Morgan fingerprint density at radius 2 is 2.17 bits per heavy atom. The summed E-state index contributed by atoms with van der Waals surface area (Å²) in [7, 11) is 1.28. The van der Waals surface area contributed by atoms with Crippen LogP contribution in [0.15, 0.2) is 27.5 Å². The second-order valence-electron chi connectivity index (χ2n) is 3.81. The fourth-order valence-electron chi connectivity index (χ4n) is 1.72. The zero-order valence-electron chi connectivity index (χ0n) is 9.94. The van der Waals surface area contributed by atoms with Gasteiger partial charge in [-0.25, -0.2) is 4.68 Å². The molecule has 0 unspecified atom stereocenters. The molecule has 2 rings (SSSR count). The van der Waals surface area contributed by atoms with Crippen LogP contribution in [0.5, 0.6) is 0 Å². The lowest BCUT2D eigenvalue weighted by Crippen LogP contribution is -2.28. The van der Waals surface area contributed by atoms with E-state index in [0.29, 0.717) is 11.1 Å². The molecule has 0 bridgehead atoms. The van der Waals surface area contributed by atoms with Crippen molar-refractivity contribution < 1.29 is 9.53 Å². The molecular formula is C12H11BrN2O3. The molecule has 94 valence electrons. The number of fused-ring (bicyclic) bond motifs is 1. The van der Waals surface area contributed by atoms with Crippen LogP contribution >= 0.6 is 15.9 Å². The molecule has 1 heterocycles. The molecule has 0 spiro atoms. The zero-order chi connectivity index (χ0) is 13.3. The first kappa shape index (κ1) is 12.8. The molecule has 0 amide bonds. The third-order valence-electron chi connectivity index (χ3n) is 2.61. The van der Waals surface area contributed by atoms with Crippen molar-refractivity contribution in [2.45, 2.75) is 13.5 Å². The molecule has 0 N–H and O–H groups in total. The van der Waals surface area contributed by atoms with E-state index in [2.05, 4.69) is 25.8 Å². The van der Waals surface area contributed by atoms with Crippen molar-refractivity contribution in [2.24, 2.45) is 0 Å². The fraction of sp³-hybridized carbons (Fsp3) is 0.250. The molecule has 0 aliphatic rings. The number of halogens is 1. The number of aromatic nitrogens is 2. The standard InChI is InChI=1S/C12H11BrN2O3/c1-7-10-5-8(13)3-4-9(10)12(17)15(14-7)6-11(16)18-2/h3-5H,6H2,1-2H3. The molecule has 0 saturated heterocycles. The number of benzene rings is 1. The highest BCUT2D eigenvalue weighted by molar-refractivity contribution is 9.10. The van der Waals surface area contributed by atoms with Gasteiger partial charge in [0.25, 0.3) is 5.56 Å². The monoisotopic (exact) mass is 310 g/mol. The summed E-state index contributed by atoms with van der Waals surface area (Å²) in [4.78, 5) is 23.3. The van der Waals surface area contributed by atoms with E-state index in [0.717, 1.165) is 14.5 Å². The molecule has 0 saturated carbocycles. The summed E-state index contributed by atoms with van der Waals surface area (Å²) >= 11 is 3.35. The van der Waals surface area contributed by atoms with Crippen LogP contribution in [0.4, 0.5) is 0 Å². The molecule has 1 aromatic heterocycles. The molecule has 6 heteroatoms. The van der Waals surface area contributed by atoms with Gasteiger partial charge in [0.2, 0.25) is 0 Å². The van der Waals surface area contributed by atoms with Crippen LogP contribution in [-0.4, -0.2) is 22.9 Å². The van der Waals surface area contributed by atoms with E-state index in [1.165, 1.54) is 7.11 Å². The number of aryl methyl sites for hydroxylation is 1. The Balaban J connectivity index is 2.65. The van der Waals surface area contributed by atoms with Gasteiger partial charge in [-0.05, 0) is 25.1 Å². The summed E-state index contributed by atoms with van der Waals surface area (Å²) in [6.07, 6.45) is 0. The van der Waals surface area contributed by atoms with Crippen LogP contribution in [0.25, 0.3) is 10.8 Å². The maximum Gasteiger partial charge on any atom is 0.327 e. The number of carbonyl (C=O) groups excluding carboxylic acids is 1. The smallest absolute Gasteiger partial charge is 0.327 e. The van der Waals surface area contributed by atoms with E-state index in [4.69, 9.17) is 0 Å². The third-order valence-corrected chi connectivity index (χ3v) is 3.11. The van der Waals surface area contributed by atoms with Gasteiger partial charge in [-0.15, -0.1) is 0 Å². The number of carbonyl (C=O) groups is 1. The number of hydrogen-bond acceptors (Lipinski definition) is 4. The topological polar surface area (TPSA) is 61.2 Å². The molecule has 0 aliphatic heterocycles. The second kappa shape index (κ2) is 4.89. The molecule has 2 aromatic rings. The lowest BCUT2D eigenvalue weighted by atomic mass is 10.1. The lowest BCUT2D eigenvalue weighted by molar-refractivity contribution is -0.141. The SMILES string of the molecule is COC(=O)Cn1nc(C)c2cc(Br)ccc2c1=O. The van der Waals surface area contributed by atoms with Crippen LogP contribution in [-0.2, 0) is 16.1 Å². The largest absolute Gasteiger partial charge is 0.468 e. The van der Waals surface area contributed by atoms with Gasteiger partial charge in [-0.2, -0.15) is 5.10 Å². The van der Waals surface area contributed by atoms with E-state index in [1.54, 1.807) is 19.1 Å². The Bertz CT molecular complexity index is 679. The average Bonchev–Trinajstić information content (AvgIpc) is 2.35. The summed E-state index contributed by atoms with van der Waals surface area (Å²) in [5.74, 6) is -0.500. The first-order valence-electron chi connectivity index (χ1n) is 5.26. The number of ether oxygens (including phenoxy) is 1. The van der Waals surface area contributed by atoms with Gasteiger partial charge in [0.05, 0.1) is 18.2 Å². The van der Waals surface area contributed by atoms with E-state index < -0.39 is 5.97 Å². The Morgan fingerprint density at radius 1 is 1.44 bits per heavy atom. The van der Waals surface area contributed by atoms with Crippen molar-refractivity contribution >= 4 is 32.7 Å². The summed E-state index contributed by atoms with van der Waals surface area (Å²) in [6, 6.07) is 5.33. The Kier molecular flexibility index (Phi) is 3.47. The van der Waals surface area contributed by atoms with Gasteiger partial charge in [0.1, 0.15) is 6.54 Å². The van der Waals surface area contributed by atoms with Crippen molar-refractivity contribution in [1.29, 1.82) is 0 Å². The maximum atomic E-state index is 12.1. The Hall–Kier alpha value is -1.69. The van der Waals surface area contributed by atoms with E-state index in [-0.39, 0.29) is 12.1 Å². The van der Waals surface area contributed by atoms with Gasteiger partial charge < -0.3 is 4.74 Å². The third kappa shape index (κ3) is 2.28. The van der Waals surface area contributed by atoms with Crippen molar-refractivity contribution in [1.82, 2.24) is 9.78 Å². The van der Waals surface area contributed by atoms with Gasteiger partial charge in [-0.3, -0.25) is 9.59 Å². The minimum Gasteiger partial charge on any atom is -0.468 e. The van der Waals surface area contributed by atoms with Gasteiger partial charge in [-0.1, -0.05) is 15.9 Å². The molecule has 1 aromatic carbocycles. The first-order valence-corrected chi connectivity index (χ1v) is 6.06.